The van der Waals surface area contributed by atoms with Crippen LogP contribution in [-0.4, -0.2) is 7.11 Å². The molecule has 0 aromatic heterocycles. The van der Waals surface area contributed by atoms with Crippen LogP contribution in [0.2, 0.25) is 0 Å². The molecule has 2 aromatic rings. The zero-order chi connectivity index (χ0) is 12.7. The van der Waals surface area contributed by atoms with Gasteiger partial charge in [0.1, 0.15) is 5.75 Å². The van der Waals surface area contributed by atoms with Gasteiger partial charge in [-0.15, -0.1) is 0 Å². The molecule has 1 aliphatic rings. The lowest BCUT2D eigenvalue weighted by Gasteiger charge is -2.27. The van der Waals surface area contributed by atoms with Gasteiger partial charge in [-0.25, -0.2) is 0 Å². The molecule has 0 bridgehead atoms. The van der Waals surface area contributed by atoms with Crippen molar-refractivity contribution in [3.05, 3.63) is 52.0 Å². The fraction of sp³-hybridized carbons (Fsp3) is 0.143. The molecular formula is C14H12BrNO2. The summed E-state index contributed by atoms with van der Waals surface area (Å²) in [6.07, 6.45) is 0. The number of ether oxygens (including phenoxy) is 2. The normalized spacial score (nSPS) is 16.5. The van der Waals surface area contributed by atoms with Gasteiger partial charge in [0.05, 0.1) is 13.2 Å². The molecule has 1 atom stereocenters. The molecule has 0 radical (unpaired) electrons. The molecule has 0 amide bonds. The topological polar surface area (TPSA) is 44.5 Å². The number of nitrogens with two attached hydrogens (primary N) is 1. The van der Waals surface area contributed by atoms with E-state index in [1.54, 1.807) is 7.11 Å². The van der Waals surface area contributed by atoms with E-state index in [9.17, 15) is 0 Å². The van der Waals surface area contributed by atoms with E-state index in [0.29, 0.717) is 11.5 Å². The van der Waals surface area contributed by atoms with Crippen molar-refractivity contribution in [1.29, 1.82) is 0 Å². The zero-order valence-electron chi connectivity index (χ0n) is 9.81. The van der Waals surface area contributed by atoms with Crippen LogP contribution in [0.5, 0.6) is 17.2 Å². The first-order chi connectivity index (χ1) is 8.72. The van der Waals surface area contributed by atoms with Crippen LogP contribution < -0.4 is 15.2 Å². The maximum absolute atomic E-state index is 6.32. The number of benzene rings is 2. The summed E-state index contributed by atoms with van der Waals surface area (Å²) in [5.74, 6) is 2.17. The molecule has 1 unspecified atom stereocenters. The monoisotopic (exact) mass is 305 g/mol. The molecule has 2 aromatic carbocycles. The third-order valence-corrected chi connectivity index (χ3v) is 3.80. The number of hydrogen-bond acceptors (Lipinski definition) is 3. The van der Waals surface area contributed by atoms with Crippen molar-refractivity contribution in [2.24, 2.45) is 5.73 Å². The van der Waals surface area contributed by atoms with Crippen molar-refractivity contribution >= 4 is 15.9 Å². The molecule has 0 aliphatic carbocycles. The average Bonchev–Trinajstić information content (AvgIpc) is 2.39. The molecule has 3 nitrogen and oxygen atoms in total. The number of hydrogen-bond donors (Lipinski definition) is 1. The van der Waals surface area contributed by atoms with Gasteiger partial charge in [-0.2, -0.15) is 0 Å². The summed E-state index contributed by atoms with van der Waals surface area (Å²) in [6.45, 7) is 0. The molecule has 0 saturated heterocycles. The molecule has 0 fully saturated rings. The number of fused-ring (bicyclic) bond motifs is 2. The second-order valence-electron chi connectivity index (χ2n) is 4.11. The van der Waals surface area contributed by atoms with Gasteiger partial charge >= 0.3 is 0 Å². The van der Waals surface area contributed by atoms with Crippen molar-refractivity contribution < 1.29 is 9.47 Å². The van der Waals surface area contributed by atoms with Crippen molar-refractivity contribution in [3.8, 4) is 17.2 Å². The van der Waals surface area contributed by atoms with Crippen LogP contribution in [0.3, 0.4) is 0 Å². The quantitative estimate of drug-likeness (QED) is 0.875. The standard InChI is InChI=1S/C14H12BrNO2/c1-17-11-7-6-9(15)12-13(16)8-4-2-3-5-10(8)18-14(11)12/h2-7,13H,16H2,1H3. The fourth-order valence-electron chi connectivity index (χ4n) is 2.21. The molecule has 2 N–H and O–H groups in total. The SMILES string of the molecule is COc1ccc(Br)c2c1Oc1ccccc1C2N. The lowest BCUT2D eigenvalue weighted by Crippen LogP contribution is -2.18. The summed E-state index contributed by atoms with van der Waals surface area (Å²) in [5.41, 5.74) is 8.23. The summed E-state index contributed by atoms with van der Waals surface area (Å²) in [4.78, 5) is 0. The van der Waals surface area contributed by atoms with Crippen LogP contribution in [0, 0.1) is 0 Å². The Balaban J connectivity index is 2.24. The third kappa shape index (κ3) is 1.61. The van der Waals surface area contributed by atoms with Gasteiger partial charge in [0, 0.05) is 15.6 Å². The number of rotatable bonds is 1. The van der Waals surface area contributed by atoms with E-state index >= 15 is 0 Å². The van der Waals surface area contributed by atoms with E-state index in [1.807, 2.05) is 36.4 Å². The molecule has 1 heterocycles. The van der Waals surface area contributed by atoms with Crippen molar-refractivity contribution in [3.63, 3.8) is 0 Å². The Labute approximate surface area is 114 Å². The Hall–Kier alpha value is -1.52. The Morgan fingerprint density at radius 1 is 1.22 bits per heavy atom. The highest BCUT2D eigenvalue weighted by Crippen LogP contribution is 2.48. The maximum atomic E-state index is 6.32. The molecule has 18 heavy (non-hydrogen) atoms. The Kier molecular flexibility index (Phi) is 2.76. The van der Waals surface area contributed by atoms with Gasteiger partial charge in [0.15, 0.2) is 11.5 Å². The first-order valence-electron chi connectivity index (χ1n) is 5.61. The van der Waals surface area contributed by atoms with Gasteiger partial charge in [-0.05, 0) is 18.2 Å². The largest absolute Gasteiger partial charge is 0.493 e. The summed E-state index contributed by atoms with van der Waals surface area (Å²) < 4.78 is 12.2. The predicted molar refractivity (Wildman–Crippen MR) is 73.2 cm³/mol. The molecule has 0 spiro atoms. The van der Waals surface area contributed by atoms with Crippen LogP contribution in [0.1, 0.15) is 17.2 Å². The van der Waals surface area contributed by atoms with Gasteiger partial charge in [-0.1, -0.05) is 34.1 Å². The number of para-hydroxylation sites is 1. The third-order valence-electron chi connectivity index (χ3n) is 3.10. The number of halogens is 1. The maximum Gasteiger partial charge on any atom is 0.175 e. The lowest BCUT2D eigenvalue weighted by molar-refractivity contribution is 0.367. The van der Waals surface area contributed by atoms with Gasteiger partial charge < -0.3 is 15.2 Å². The highest BCUT2D eigenvalue weighted by atomic mass is 79.9. The van der Waals surface area contributed by atoms with E-state index in [4.69, 9.17) is 15.2 Å². The predicted octanol–water partition coefficient (Wildman–Crippen LogP) is 3.61. The summed E-state index contributed by atoms with van der Waals surface area (Å²) in [6, 6.07) is 11.4. The highest BCUT2D eigenvalue weighted by Gasteiger charge is 2.28. The van der Waals surface area contributed by atoms with Gasteiger partial charge in [0.25, 0.3) is 0 Å². The van der Waals surface area contributed by atoms with Gasteiger partial charge in [0.2, 0.25) is 0 Å². The summed E-state index contributed by atoms with van der Waals surface area (Å²) in [7, 11) is 1.62. The van der Waals surface area contributed by atoms with Crippen LogP contribution in [0.4, 0.5) is 0 Å². The van der Waals surface area contributed by atoms with E-state index in [1.165, 1.54) is 0 Å². The Bertz CT molecular complexity index is 613. The molecule has 4 heteroatoms. The molecule has 92 valence electrons. The minimum Gasteiger partial charge on any atom is -0.493 e. The summed E-state index contributed by atoms with van der Waals surface area (Å²) in [5, 5.41) is 0. The average molecular weight is 306 g/mol. The highest BCUT2D eigenvalue weighted by molar-refractivity contribution is 9.10. The van der Waals surface area contributed by atoms with E-state index in [-0.39, 0.29) is 6.04 Å². The molecule has 0 saturated carbocycles. The van der Waals surface area contributed by atoms with Crippen molar-refractivity contribution in [2.45, 2.75) is 6.04 Å². The van der Waals surface area contributed by atoms with Crippen LogP contribution >= 0.6 is 15.9 Å². The molecule has 1 aliphatic heterocycles. The van der Waals surface area contributed by atoms with Crippen molar-refractivity contribution in [2.75, 3.05) is 7.11 Å². The Morgan fingerprint density at radius 3 is 2.78 bits per heavy atom. The van der Waals surface area contributed by atoms with E-state index < -0.39 is 0 Å². The van der Waals surface area contributed by atoms with E-state index in [2.05, 4.69) is 15.9 Å². The lowest BCUT2D eigenvalue weighted by atomic mass is 9.95. The smallest absolute Gasteiger partial charge is 0.175 e. The number of methoxy groups -OCH3 is 1. The van der Waals surface area contributed by atoms with Crippen LogP contribution in [0.15, 0.2) is 40.9 Å². The van der Waals surface area contributed by atoms with E-state index in [0.717, 1.165) is 21.3 Å². The molecular weight excluding hydrogens is 294 g/mol. The summed E-state index contributed by atoms with van der Waals surface area (Å²) >= 11 is 3.52. The van der Waals surface area contributed by atoms with Crippen molar-refractivity contribution in [1.82, 2.24) is 0 Å². The fourth-order valence-corrected chi connectivity index (χ4v) is 2.77. The second kappa shape index (κ2) is 4.30. The molecule has 3 rings (SSSR count). The Morgan fingerprint density at radius 2 is 2.00 bits per heavy atom. The van der Waals surface area contributed by atoms with Crippen LogP contribution in [-0.2, 0) is 0 Å². The first-order valence-corrected chi connectivity index (χ1v) is 6.40. The van der Waals surface area contributed by atoms with Crippen LogP contribution in [0.25, 0.3) is 0 Å². The second-order valence-corrected chi connectivity index (χ2v) is 4.96. The minimum atomic E-state index is -0.213. The minimum absolute atomic E-state index is 0.213. The van der Waals surface area contributed by atoms with Gasteiger partial charge in [-0.3, -0.25) is 0 Å². The first kappa shape index (κ1) is 11.6. The zero-order valence-corrected chi connectivity index (χ0v) is 11.4.